The molecular formula is C16H31NO. The molecule has 3 unspecified atom stereocenters. The number of Topliss-reactive ketones (excluding diaryl/α,β-unsaturated/α-hetero) is 1. The van der Waals surface area contributed by atoms with E-state index in [1.165, 1.54) is 0 Å². The van der Waals surface area contributed by atoms with E-state index >= 15 is 0 Å². The van der Waals surface area contributed by atoms with Crippen LogP contribution in [0.5, 0.6) is 0 Å². The number of hydrogen-bond acceptors (Lipinski definition) is 2. The van der Waals surface area contributed by atoms with Crippen molar-refractivity contribution in [2.45, 2.75) is 66.3 Å². The van der Waals surface area contributed by atoms with Crippen LogP contribution in [0.15, 0.2) is 0 Å². The Labute approximate surface area is 113 Å². The molecule has 0 amide bonds. The van der Waals surface area contributed by atoms with Crippen molar-refractivity contribution >= 4 is 5.78 Å². The SMILES string of the molecule is CCC(C)N(C)CC1CC(C(C)(C)C)CCC1=O. The van der Waals surface area contributed by atoms with Crippen LogP contribution in [0.2, 0.25) is 0 Å². The molecule has 0 aromatic heterocycles. The van der Waals surface area contributed by atoms with Crippen LogP contribution in [0.4, 0.5) is 0 Å². The fourth-order valence-corrected chi connectivity index (χ4v) is 2.92. The molecular weight excluding hydrogens is 222 g/mol. The monoisotopic (exact) mass is 253 g/mol. The molecule has 0 aromatic rings. The molecule has 0 spiro atoms. The Morgan fingerprint density at radius 3 is 2.50 bits per heavy atom. The lowest BCUT2D eigenvalue weighted by Gasteiger charge is -2.38. The van der Waals surface area contributed by atoms with Crippen molar-refractivity contribution in [3.8, 4) is 0 Å². The van der Waals surface area contributed by atoms with Crippen molar-refractivity contribution in [1.29, 1.82) is 0 Å². The van der Waals surface area contributed by atoms with Crippen molar-refractivity contribution in [3.63, 3.8) is 0 Å². The van der Waals surface area contributed by atoms with Gasteiger partial charge in [0.05, 0.1) is 0 Å². The number of ketones is 1. The van der Waals surface area contributed by atoms with Gasteiger partial charge in [-0.3, -0.25) is 4.79 Å². The van der Waals surface area contributed by atoms with Gasteiger partial charge in [0.1, 0.15) is 5.78 Å². The zero-order valence-corrected chi connectivity index (χ0v) is 13.1. The maximum atomic E-state index is 12.1. The highest BCUT2D eigenvalue weighted by molar-refractivity contribution is 5.82. The molecule has 0 N–H and O–H groups in total. The van der Waals surface area contributed by atoms with Gasteiger partial charge in [-0.2, -0.15) is 0 Å². The highest BCUT2D eigenvalue weighted by Gasteiger charge is 2.35. The average molecular weight is 253 g/mol. The smallest absolute Gasteiger partial charge is 0.137 e. The largest absolute Gasteiger partial charge is 0.303 e. The summed E-state index contributed by atoms with van der Waals surface area (Å²) in [5, 5.41) is 0. The molecule has 1 rings (SSSR count). The van der Waals surface area contributed by atoms with Crippen molar-refractivity contribution in [3.05, 3.63) is 0 Å². The van der Waals surface area contributed by atoms with E-state index in [0.717, 1.165) is 32.2 Å². The van der Waals surface area contributed by atoms with Gasteiger partial charge in [-0.1, -0.05) is 27.7 Å². The summed E-state index contributed by atoms with van der Waals surface area (Å²) < 4.78 is 0. The lowest BCUT2D eigenvalue weighted by Crippen LogP contribution is -2.40. The fourth-order valence-electron chi connectivity index (χ4n) is 2.92. The van der Waals surface area contributed by atoms with E-state index in [1.54, 1.807) is 0 Å². The van der Waals surface area contributed by atoms with Gasteiger partial charge in [-0.05, 0) is 44.6 Å². The van der Waals surface area contributed by atoms with Crippen LogP contribution in [-0.4, -0.2) is 30.3 Å². The summed E-state index contributed by atoms with van der Waals surface area (Å²) >= 11 is 0. The summed E-state index contributed by atoms with van der Waals surface area (Å²) in [6, 6.07) is 0.577. The Kier molecular flexibility index (Phi) is 5.39. The third kappa shape index (κ3) is 4.08. The minimum Gasteiger partial charge on any atom is -0.303 e. The first-order valence-electron chi connectivity index (χ1n) is 7.48. The molecule has 0 bridgehead atoms. The molecule has 106 valence electrons. The van der Waals surface area contributed by atoms with Crippen LogP contribution in [-0.2, 0) is 4.79 Å². The molecule has 1 fully saturated rings. The van der Waals surface area contributed by atoms with Gasteiger partial charge in [0.15, 0.2) is 0 Å². The minimum atomic E-state index is 0.266. The molecule has 2 nitrogen and oxygen atoms in total. The van der Waals surface area contributed by atoms with Crippen LogP contribution in [0.25, 0.3) is 0 Å². The Morgan fingerprint density at radius 1 is 1.39 bits per heavy atom. The Balaban J connectivity index is 2.60. The van der Waals surface area contributed by atoms with Crippen LogP contribution < -0.4 is 0 Å². The molecule has 0 aromatic carbocycles. The first-order valence-corrected chi connectivity index (χ1v) is 7.48. The lowest BCUT2D eigenvalue weighted by molar-refractivity contribution is -0.127. The summed E-state index contributed by atoms with van der Waals surface area (Å²) in [6.45, 7) is 12.3. The van der Waals surface area contributed by atoms with Crippen LogP contribution in [0.3, 0.4) is 0 Å². The standard InChI is InChI=1S/C16H31NO/c1-7-12(2)17(6)11-13-10-14(16(3,4)5)8-9-15(13)18/h12-14H,7-11H2,1-6H3. The highest BCUT2D eigenvalue weighted by Crippen LogP contribution is 2.39. The number of carbonyl (C=O) groups is 1. The summed E-state index contributed by atoms with van der Waals surface area (Å²) in [5.74, 6) is 1.46. The molecule has 1 aliphatic carbocycles. The van der Waals surface area contributed by atoms with Gasteiger partial charge >= 0.3 is 0 Å². The zero-order chi connectivity index (χ0) is 13.9. The van der Waals surface area contributed by atoms with Gasteiger partial charge in [0.25, 0.3) is 0 Å². The van der Waals surface area contributed by atoms with E-state index in [9.17, 15) is 4.79 Å². The predicted octanol–water partition coefficient (Wildman–Crippen LogP) is 3.75. The molecule has 2 heteroatoms. The number of hydrogen-bond donors (Lipinski definition) is 0. The topological polar surface area (TPSA) is 20.3 Å². The second-order valence-electron chi connectivity index (χ2n) is 7.20. The van der Waals surface area contributed by atoms with Gasteiger partial charge in [0.2, 0.25) is 0 Å². The van der Waals surface area contributed by atoms with Crippen LogP contribution in [0, 0.1) is 17.3 Å². The summed E-state index contributed by atoms with van der Waals surface area (Å²) in [6.07, 6.45) is 4.12. The average Bonchev–Trinajstić information content (AvgIpc) is 2.29. The molecule has 0 heterocycles. The summed E-state index contributed by atoms with van der Waals surface area (Å²) in [5.41, 5.74) is 0.341. The molecule has 0 aliphatic heterocycles. The van der Waals surface area contributed by atoms with Gasteiger partial charge < -0.3 is 4.90 Å². The molecule has 0 radical (unpaired) electrons. The van der Waals surface area contributed by atoms with Crippen molar-refractivity contribution in [1.82, 2.24) is 4.90 Å². The van der Waals surface area contributed by atoms with Crippen molar-refractivity contribution in [2.75, 3.05) is 13.6 Å². The fraction of sp³-hybridized carbons (Fsp3) is 0.938. The second-order valence-corrected chi connectivity index (χ2v) is 7.20. The molecule has 0 saturated heterocycles. The van der Waals surface area contributed by atoms with Crippen LogP contribution >= 0.6 is 0 Å². The van der Waals surface area contributed by atoms with E-state index in [0.29, 0.717) is 23.2 Å². The Hall–Kier alpha value is -0.370. The number of rotatable bonds is 4. The van der Waals surface area contributed by atoms with E-state index in [-0.39, 0.29) is 5.92 Å². The molecule has 18 heavy (non-hydrogen) atoms. The first-order chi connectivity index (χ1) is 8.25. The Bertz CT molecular complexity index is 279. The quantitative estimate of drug-likeness (QED) is 0.760. The summed E-state index contributed by atoms with van der Waals surface area (Å²) in [4.78, 5) is 14.4. The summed E-state index contributed by atoms with van der Waals surface area (Å²) in [7, 11) is 2.15. The van der Waals surface area contributed by atoms with Gasteiger partial charge in [-0.15, -0.1) is 0 Å². The second kappa shape index (κ2) is 6.18. The number of nitrogens with zero attached hydrogens (tertiary/aromatic N) is 1. The van der Waals surface area contributed by atoms with E-state index < -0.39 is 0 Å². The minimum absolute atomic E-state index is 0.266. The van der Waals surface area contributed by atoms with Crippen LogP contribution in [0.1, 0.15) is 60.3 Å². The van der Waals surface area contributed by atoms with Crippen molar-refractivity contribution < 1.29 is 4.79 Å². The molecule has 3 atom stereocenters. The van der Waals surface area contributed by atoms with E-state index in [4.69, 9.17) is 0 Å². The highest BCUT2D eigenvalue weighted by atomic mass is 16.1. The van der Waals surface area contributed by atoms with Gasteiger partial charge in [0, 0.05) is 24.9 Å². The molecule has 1 saturated carbocycles. The number of carbonyl (C=O) groups excluding carboxylic acids is 1. The normalized spacial score (nSPS) is 27.6. The maximum Gasteiger partial charge on any atom is 0.137 e. The van der Waals surface area contributed by atoms with Crippen molar-refractivity contribution in [2.24, 2.45) is 17.3 Å². The third-order valence-corrected chi connectivity index (χ3v) is 4.84. The molecule has 1 aliphatic rings. The maximum absolute atomic E-state index is 12.1. The van der Waals surface area contributed by atoms with E-state index in [1.807, 2.05) is 0 Å². The van der Waals surface area contributed by atoms with E-state index in [2.05, 4.69) is 46.6 Å². The zero-order valence-electron chi connectivity index (χ0n) is 13.1. The lowest BCUT2D eigenvalue weighted by atomic mass is 9.68. The van der Waals surface area contributed by atoms with Gasteiger partial charge in [-0.25, -0.2) is 0 Å². The Morgan fingerprint density at radius 2 is 2.00 bits per heavy atom. The third-order valence-electron chi connectivity index (χ3n) is 4.84. The predicted molar refractivity (Wildman–Crippen MR) is 77.7 cm³/mol. The first kappa shape index (κ1) is 15.7.